The minimum Gasteiger partial charge on any atom is -0.351 e. The van der Waals surface area contributed by atoms with Crippen molar-refractivity contribution in [1.82, 2.24) is 14.9 Å². The van der Waals surface area contributed by atoms with E-state index in [1.54, 1.807) is 7.05 Å². The maximum atomic E-state index is 12.2. The summed E-state index contributed by atoms with van der Waals surface area (Å²) >= 11 is 0. The van der Waals surface area contributed by atoms with E-state index in [-0.39, 0.29) is 11.3 Å². The maximum Gasteiger partial charge on any atom is 0.282 e. The summed E-state index contributed by atoms with van der Waals surface area (Å²) in [6, 6.07) is 3.83. The van der Waals surface area contributed by atoms with E-state index in [9.17, 15) is 9.59 Å². The maximum absolute atomic E-state index is 12.2. The highest BCUT2D eigenvalue weighted by Crippen LogP contribution is 2.16. The van der Waals surface area contributed by atoms with Crippen LogP contribution in [0.3, 0.4) is 0 Å². The number of hydrogen-bond acceptors (Lipinski definition) is 3. The molecule has 0 fully saturated rings. The first-order chi connectivity index (χ1) is 9.45. The van der Waals surface area contributed by atoms with Crippen LogP contribution in [0.25, 0.3) is 11.0 Å². The standard InChI is InChI=1S/C15H19N3O2/c1-5-6-16-14(19)13-15(20)18(4)12-8-10(3)9(2)7-11(12)17-13/h7-8H,5-6H2,1-4H3,(H,16,19). The van der Waals surface area contributed by atoms with E-state index in [2.05, 4.69) is 10.3 Å². The van der Waals surface area contributed by atoms with Crippen molar-refractivity contribution >= 4 is 16.9 Å². The lowest BCUT2D eigenvalue weighted by molar-refractivity contribution is 0.0947. The van der Waals surface area contributed by atoms with E-state index >= 15 is 0 Å². The molecule has 0 radical (unpaired) electrons. The fourth-order valence-corrected chi connectivity index (χ4v) is 2.05. The van der Waals surface area contributed by atoms with Gasteiger partial charge in [-0.1, -0.05) is 6.92 Å². The third kappa shape index (κ3) is 2.43. The van der Waals surface area contributed by atoms with Crippen LogP contribution in [0.2, 0.25) is 0 Å². The van der Waals surface area contributed by atoms with Crippen molar-refractivity contribution in [2.24, 2.45) is 7.05 Å². The zero-order valence-corrected chi connectivity index (χ0v) is 12.3. The molecule has 0 bridgehead atoms. The van der Waals surface area contributed by atoms with Crippen LogP contribution in [-0.2, 0) is 7.05 Å². The minimum atomic E-state index is -0.410. The fourth-order valence-electron chi connectivity index (χ4n) is 2.05. The van der Waals surface area contributed by atoms with Crippen molar-refractivity contribution < 1.29 is 4.79 Å². The van der Waals surface area contributed by atoms with Gasteiger partial charge in [-0.2, -0.15) is 0 Å². The van der Waals surface area contributed by atoms with Crippen LogP contribution >= 0.6 is 0 Å². The molecule has 106 valence electrons. The molecule has 0 aliphatic carbocycles. The normalized spacial score (nSPS) is 10.8. The SMILES string of the molecule is CCCNC(=O)c1nc2cc(C)c(C)cc2n(C)c1=O. The fraction of sp³-hybridized carbons (Fsp3) is 0.400. The van der Waals surface area contributed by atoms with Crippen molar-refractivity contribution in [2.45, 2.75) is 27.2 Å². The Labute approximate surface area is 117 Å². The summed E-state index contributed by atoms with van der Waals surface area (Å²) < 4.78 is 1.48. The number of aromatic nitrogens is 2. The number of aryl methyl sites for hydroxylation is 3. The second-order valence-electron chi connectivity index (χ2n) is 5.01. The number of carbonyl (C=O) groups is 1. The van der Waals surface area contributed by atoms with Crippen LogP contribution in [-0.4, -0.2) is 22.0 Å². The molecule has 0 aliphatic heterocycles. The van der Waals surface area contributed by atoms with Crippen LogP contribution in [0.15, 0.2) is 16.9 Å². The van der Waals surface area contributed by atoms with Crippen LogP contribution < -0.4 is 10.9 Å². The van der Waals surface area contributed by atoms with Crippen molar-refractivity contribution in [2.75, 3.05) is 6.54 Å². The Morgan fingerprint density at radius 1 is 1.30 bits per heavy atom. The van der Waals surface area contributed by atoms with Gasteiger partial charge in [-0.3, -0.25) is 9.59 Å². The predicted octanol–water partition coefficient (Wildman–Crippen LogP) is 1.69. The second-order valence-corrected chi connectivity index (χ2v) is 5.01. The van der Waals surface area contributed by atoms with Crippen LogP contribution in [0.1, 0.15) is 35.0 Å². The van der Waals surface area contributed by atoms with Crippen LogP contribution in [0.4, 0.5) is 0 Å². The number of amides is 1. The summed E-state index contributed by atoms with van der Waals surface area (Å²) in [5.41, 5.74) is 3.18. The first-order valence-corrected chi connectivity index (χ1v) is 6.72. The molecule has 1 heterocycles. The Morgan fingerprint density at radius 2 is 1.95 bits per heavy atom. The molecule has 0 unspecified atom stereocenters. The molecule has 1 aromatic heterocycles. The molecule has 0 saturated heterocycles. The number of nitrogens with one attached hydrogen (secondary N) is 1. The molecular weight excluding hydrogens is 254 g/mol. The molecule has 1 aromatic carbocycles. The second kappa shape index (κ2) is 5.45. The van der Waals surface area contributed by atoms with Gasteiger partial charge in [-0.25, -0.2) is 4.98 Å². The van der Waals surface area contributed by atoms with Gasteiger partial charge >= 0.3 is 0 Å². The van der Waals surface area contributed by atoms with Gasteiger partial charge in [0.25, 0.3) is 11.5 Å². The smallest absolute Gasteiger partial charge is 0.282 e. The van der Waals surface area contributed by atoms with Crippen LogP contribution in [0.5, 0.6) is 0 Å². The predicted molar refractivity (Wildman–Crippen MR) is 79.1 cm³/mol. The van der Waals surface area contributed by atoms with Gasteiger partial charge in [0.2, 0.25) is 0 Å². The third-order valence-electron chi connectivity index (χ3n) is 3.44. The number of hydrogen-bond donors (Lipinski definition) is 1. The summed E-state index contributed by atoms with van der Waals surface area (Å²) in [6.07, 6.45) is 0.817. The van der Waals surface area contributed by atoms with Crippen molar-refractivity contribution in [3.63, 3.8) is 0 Å². The number of rotatable bonds is 3. The molecule has 5 heteroatoms. The number of carbonyl (C=O) groups excluding carboxylic acids is 1. The Balaban J connectivity index is 2.64. The highest BCUT2D eigenvalue weighted by Gasteiger charge is 2.16. The summed E-state index contributed by atoms with van der Waals surface area (Å²) in [5, 5.41) is 2.69. The van der Waals surface area contributed by atoms with Crippen LogP contribution in [0, 0.1) is 13.8 Å². The van der Waals surface area contributed by atoms with Gasteiger partial charge in [-0.15, -0.1) is 0 Å². The van der Waals surface area contributed by atoms with Crippen molar-refractivity contribution in [3.05, 3.63) is 39.3 Å². The number of benzene rings is 1. The lowest BCUT2D eigenvalue weighted by Crippen LogP contribution is -2.34. The lowest BCUT2D eigenvalue weighted by atomic mass is 10.1. The largest absolute Gasteiger partial charge is 0.351 e. The molecule has 2 aromatic rings. The Kier molecular flexibility index (Phi) is 3.88. The molecule has 0 atom stereocenters. The van der Waals surface area contributed by atoms with Gasteiger partial charge in [0.05, 0.1) is 11.0 Å². The average Bonchev–Trinajstić information content (AvgIpc) is 2.42. The molecule has 20 heavy (non-hydrogen) atoms. The van der Waals surface area contributed by atoms with E-state index in [0.29, 0.717) is 12.1 Å². The Bertz CT molecular complexity index is 732. The van der Waals surface area contributed by atoms with Crippen molar-refractivity contribution in [3.8, 4) is 0 Å². The van der Waals surface area contributed by atoms with E-state index in [1.165, 1.54) is 4.57 Å². The van der Waals surface area contributed by atoms with E-state index in [0.717, 1.165) is 23.1 Å². The minimum absolute atomic E-state index is 0.0447. The zero-order valence-electron chi connectivity index (χ0n) is 12.3. The summed E-state index contributed by atoms with van der Waals surface area (Å²) in [6.45, 7) is 6.46. The van der Waals surface area contributed by atoms with Gasteiger partial charge in [0, 0.05) is 13.6 Å². The van der Waals surface area contributed by atoms with E-state index in [4.69, 9.17) is 0 Å². The topological polar surface area (TPSA) is 64.0 Å². The highest BCUT2D eigenvalue weighted by molar-refractivity contribution is 5.93. The molecule has 2 rings (SSSR count). The van der Waals surface area contributed by atoms with Crippen molar-refractivity contribution in [1.29, 1.82) is 0 Å². The first kappa shape index (κ1) is 14.2. The molecule has 1 amide bonds. The Morgan fingerprint density at radius 3 is 2.60 bits per heavy atom. The molecular formula is C15H19N3O2. The highest BCUT2D eigenvalue weighted by atomic mass is 16.2. The molecule has 5 nitrogen and oxygen atoms in total. The lowest BCUT2D eigenvalue weighted by Gasteiger charge is -2.10. The van der Waals surface area contributed by atoms with Gasteiger partial charge in [0.15, 0.2) is 5.69 Å². The average molecular weight is 273 g/mol. The quantitative estimate of drug-likeness (QED) is 0.925. The summed E-state index contributed by atoms with van der Waals surface area (Å²) in [7, 11) is 1.66. The van der Waals surface area contributed by atoms with E-state index in [1.807, 2.05) is 32.9 Å². The first-order valence-electron chi connectivity index (χ1n) is 6.72. The third-order valence-corrected chi connectivity index (χ3v) is 3.44. The van der Waals surface area contributed by atoms with Gasteiger partial charge < -0.3 is 9.88 Å². The van der Waals surface area contributed by atoms with Gasteiger partial charge in [0.1, 0.15) is 0 Å². The number of nitrogens with zero attached hydrogens (tertiary/aromatic N) is 2. The summed E-state index contributed by atoms with van der Waals surface area (Å²) in [4.78, 5) is 28.5. The molecule has 0 spiro atoms. The molecule has 1 N–H and O–H groups in total. The van der Waals surface area contributed by atoms with E-state index < -0.39 is 5.91 Å². The summed E-state index contributed by atoms with van der Waals surface area (Å²) in [5.74, 6) is -0.410. The monoisotopic (exact) mass is 273 g/mol. The van der Waals surface area contributed by atoms with Gasteiger partial charge in [-0.05, 0) is 43.5 Å². The molecule has 0 aliphatic rings. The molecule has 0 saturated carbocycles. The zero-order chi connectivity index (χ0) is 14.9. The number of fused-ring (bicyclic) bond motifs is 1. The Hall–Kier alpha value is -2.17.